The number of anilines is 1. The van der Waals surface area contributed by atoms with Crippen molar-refractivity contribution in [3.8, 4) is 0 Å². The largest absolute Gasteiger partial charge is 0.353 e. The van der Waals surface area contributed by atoms with Crippen LogP contribution in [0.5, 0.6) is 0 Å². The monoisotopic (exact) mass is 277 g/mol. The molecule has 0 amide bonds. The van der Waals surface area contributed by atoms with Gasteiger partial charge < -0.3 is 4.90 Å². The van der Waals surface area contributed by atoms with Crippen LogP contribution in [-0.2, 0) is 6.54 Å². The van der Waals surface area contributed by atoms with E-state index in [0.29, 0.717) is 5.69 Å². The van der Waals surface area contributed by atoms with Crippen LogP contribution in [0.1, 0.15) is 15.4 Å². The molecule has 0 bridgehead atoms. The number of imidazole rings is 1. The van der Waals surface area contributed by atoms with Gasteiger partial charge in [0, 0.05) is 23.5 Å². The average molecular weight is 277 g/mol. The third-order valence-corrected chi connectivity index (χ3v) is 4.34. The van der Waals surface area contributed by atoms with Crippen molar-refractivity contribution in [3.05, 3.63) is 39.7 Å². The number of rotatable bonds is 4. The highest BCUT2D eigenvalue weighted by atomic mass is 32.1. The van der Waals surface area contributed by atoms with Crippen LogP contribution in [0.4, 0.5) is 5.82 Å². The smallest absolute Gasteiger partial charge is 0.196 e. The van der Waals surface area contributed by atoms with Crippen molar-refractivity contribution in [2.24, 2.45) is 0 Å². The van der Waals surface area contributed by atoms with Crippen LogP contribution in [0.2, 0.25) is 0 Å². The molecule has 0 radical (unpaired) electrons. The average Bonchev–Trinajstić information content (AvgIpc) is 3.03. The van der Waals surface area contributed by atoms with E-state index in [9.17, 15) is 4.79 Å². The van der Waals surface area contributed by atoms with Gasteiger partial charge in [-0.3, -0.25) is 9.20 Å². The number of hydrogen-bond acceptors (Lipinski definition) is 5. The van der Waals surface area contributed by atoms with Crippen molar-refractivity contribution in [1.82, 2.24) is 9.38 Å². The molecule has 3 rings (SSSR count). The molecule has 0 atom stereocenters. The summed E-state index contributed by atoms with van der Waals surface area (Å²) < 4.78 is 1.83. The molecule has 4 nitrogen and oxygen atoms in total. The molecule has 0 aliphatic carbocycles. The third-order valence-electron chi connectivity index (χ3n) is 2.73. The molecule has 0 saturated carbocycles. The summed E-state index contributed by atoms with van der Waals surface area (Å²) in [6.07, 6.45) is 2.74. The molecule has 0 spiro atoms. The van der Waals surface area contributed by atoms with Gasteiger partial charge in [-0.2, -0.15) is 0 Å². The lowest BCUT2D eigenvalue weighted by Gasteiger charge is -2.15. The highest BCUT2D eigenvalue weighted by Crippen LogP contribution is 2.24. The zero-order valence-electron chi connectivity index (χ0n) is 9.74. The Balaban J connectivity index is 1.97. The normalized spacial score (nSPS) is 10.9. The number of aldehydes is 1. The molecule has 0 aliphatic rings. The first-order valence-electron chi connectivity index (χ1n) is 5.44. The zero-order valence-corrected chi connectivity index (χ0v) is 11.4. The molecular weight excluding hydrogens is 266 g/mol. The third kappa shape index (κ3) is 1.83. The maximum atomic E-state index is 11.2. The molecule has 0 unspecified atom stereocenters. The van der Waals surface area contributed by atoms with E-state index in [1.807, 2.05) is 34.0 Å². The lowest BCUT2D eigenvalue weighted by atomic mass is 10.4. The number of carbonyl (C=O) groups excluding carboxylic acids is 1. The lowest BCUT2D eigenvalue weighted by Crippen LogP contribution is -2.17. The second-order valence-electron chi connectivity index (χ2n) is 3.93. The van der Waals surface area contributed by atoms with Crippen molar-refractivity contribution < 1.29 is 4.79 Å². The topological polar surface area (TPSA) is 37.6 Å². The van der Waals surface area contributed by atoms with Crippen molar-refractivity contribution in [3.63, 3.8) is 0 Å². The maximum Gasteiger partial charge on any atom is 0.196 e. The molecule has 3 aromatic rings. The number of hydrogen-bond donors (Lipinski definition) is 0. The first-order valence-corrected chi connectivity index (χ1v) is 7.20. The Hall–Kier alpha value is -1.66. The van der Waals surface area contributed by atoms with E-state index < -0.39 is 0 Å². The first-order chi connectivity index (χ1) is 8.79. The van der Waals surface area contributed by atoms with E-state index in [0.717, 1.165) is 23.6 Å². The summed E-state index contributed by atoms with van der Waals surface area (Å²) in [4.78, 5) is 19.8. The van der Waals surface area contributed by atoms with Crippen molar-refractivity contribution in [2.75, 3.05) is 11.9 Å². The number of nitrogens with zero attached hydrogens (tertiary/aromatic N) is 3. The Morgan fingerprint density at radius 1 is 1.44 bits per heavy atom. The number of thiophene rings is 1. The summed E-state index contributed by atoms with van der Waals surface area (Å²) in [6.45, 7) is 0.767. The highest BCUT2D eigenvalue weighted by molar-refractivity contribution is 7.15. The van der Waals surface area contributed by atoms with Crippen LogP contribution in [0.3, 0.4) is 0 Å². The quantitative estimate of drug-likeness (QED) is 0.688. The molecule has 0 saturated heterocycles. The molecule has 0 fully saturated rings. The van der Waals surface area contributed by atoms with Gasteiger partial charge in [0.15, 0.2) is 17.1 Å². The minimum Gasteiger partial charge on any atom is -0.353 e. The van der Waals surface area contributed by atoms with E-state index in [1.54, 1.807) is 11.3 Å². The predicted molar refractivity (Wildman–Crippen MR) is 74.9 cm³/mol. The molecule has 6 heteroatoms. The molecule has 92 valence electrons. The van der Waals surface area contributed by atoms with Crippen molar-refractivity contribution >= 4 is 39.7 Å². The molecule has 0 aliphatic heterocycles. The van der Waals surface area contributed by atoms with Crippen molar-refractivity contribution in [1.29, 1.82) is 0 Å². The van der Waals surface area contributed by atoms with Gasteiger partial charge in [0.2, 0.25) is 0 Å². The van der Waals surface area contributed by atoms with Crippen LogP contribution in [0, 0.1) is 0 Å². The van der Waals surface area contributed by atoms with E-state index in [1.165, 1.54) is 16.2 Å². The van der Waals surface area contributed by atoms with Gasteiger partial charge in [0.05, 0.1) is 6.54 Å². The van der Waals surface area contributed by atoms with Gasteiger partial charge in [0.1, 0.15) is 5.69 Å². The second-order valence-corrected chi connectivity index (χ2v) is 5.83. The summed E-state index contributed by atoms with van der Waals surface area (Å²) in [7, 11) is 1.96. The van der Waals surface area contributed by atoms with E-state index in [2.05, 4.69) is 16.4 Å². The van der Waals surface area contributed by atoms with Gasteiger partial charge in [-0.1, -0.05) is 6.07 Å². The molecule has 3 heterocycles. The van der Waals surface area contributed by atoms with Gasteiger partial charge in [0.25, 0.3) is 0 Å². The lowest BCUT2D eigenvalue weighted by molar-refractivity contribution is 0.111. The van der Waals surface area contributed by atoms with E-state index >= 15 is 0 Å². The van der Waals surface area contributed by atoms with Crippen LogP contribution in [0.15, 0.2) is 29.1 Å². The highest BCUT2D eigenvalue weighted by Gasteiger charge is 2.16. The summed E-state index contributed by atoms with van der Waals surface area (Å²) in [6, 6.07) is 4.11. The van der Waals surface area contributed by atoms with Gasteiger partial charge >= 0.3 is 0 Å². The van der Waals surface area contributed by atoms with Gasteiger partial charge in [-0.05, 0) is 11.4 Å². The number of carbonyl (C=O) groups is 1. The molecule has 0 aromatic carbocycles. The molecule has 0 N–H and O–H groups in total. The first kappa shape index (κ1) is 11.4. The Bertz CT molecular complexity index is 669. The van der Waals surface area contributed by atoms with Gasteiger partial charge in [-0.25, -0.2) is 4.98 Å². The fraction of sp³-hybridized carbons (Fsp3) is 0.167. The maximum absolute atomic E-state index is 11.2. The van der Waals surface area contributed by atoms with Crippen LogP contribution in [0.25, 0.3) is 4.96 Å². The summed E-state index contributed by atoms with van der Waals surface area (Å²) in [5.41, 5.74) is 0.616. The number of thiazole rings is 1. The SMILES string of the molecule is CN(Cc1cccs1)c1nc2sccn2c1C=O. The summed E-state index contributed by atoms with van der Waals surface area (Å²) in [5.74, 6) is 0.741. The Morgan fingerprint density at radius 2 is 2.33 bits per heavy atom. The predicted octanol–water partition coefficient (Wildman–Crippen LogP) is 2.91. The number of aromatic nitrogens is 2. The minimum atomic E-state index is 0.616. The number of fused-ring (bicyclic) bond motifs is 1. The Morgan fingerprint density at radius 3 is 3.06 bits per heavy atom. The molecular formula is C12H11N3OS2. The Labute approximate surface area is 112 Å². The van der Waals surface area contributed by atoms with E-state index in [4.69, 9.17) is 0 Å². The summed E-state index contributed by atoms with van der Waals surface area (Å²) in [5, 5.41) is 3.98. The summed E-state index contributed by atoms with van der Waals surface area (Å²) >= 11 is 3.24. The zero-order chi connectivity index (χ0) is 12.5. The Kier molecular flexibility index (Phi) is 2.89. The van der Waals surface area contributed by atoms with Crippen LogP contribution < -0.4 is 4.90 Å². The van der Waals surface area contributed by atoms with Crippen LogP contribution >= 0.6 is 22.7 Å². The van der Waals surface area contributed by atoms with E-state index in [-0.39, 0.29) is 0 Å². The minimum absolute atomic E-state index is 0.616. The fourth-order valence-electron chi connectivity index (χ4n) is 1.89. The molecule has 18 heavy (non-hydrogen) atoms. The standard InChI is InChI=1S/C12H11N3OS2/c1-14(7-9-3-2-5-17-9)11-10(8-16)15-4-6-18-12(15)13-11/h2-6,8H,7H2,1H3. The van der Waals surface area contributed by atoms with Gasteiger partial charge in [-0.15, -0.1) is 22.7 Å². The fourth-order valence-corrected chi connectivity index (χ4v) is 3.37. The van der Waals surface area contributed by atoms with Crippen molar-refractivity contribution in [2.45, 2.75) is 6.54 Å². The van der Waals surface area contributed by atoms with Crippen LogP contribution in [-0.4, -0.2) is 22.7 Å². The second kappa shape index (κ2) is 4.55. The molecule has 3 aromatic heterocycles.